The predicted molar refractivity (Wildman–Crippen MR) is 78.2 cm³/mol. The van der Waals surface area contributed by atoms with Crippen molar-refractivity contribution >= 4 is 39.1 Å². The predicted octanol–water partition coefficient (Wildman–Crippen LogP) is 3.49. The molecule has 0 bridgehead atoms. The number of aryl methyl sites for hydroxylation is 1. The Hall–Kier alpha value is -0.740. The minimum Gasteiger partial charge on any atom is -0.381 e. The number of rotatable bonds is 2. The Bertz CT molecular complexity index is 465. The Kier molecular flexibility index (Phi) is 4.51. The molecule has 2 rings (SSSR count). The number of anilines is 1. The monoisotopic (exact) mass is 330 g/mol. The molecule has 1 aliphatic heterocycles. The fraction of sp³-hybridized carbons (Fsp3) is 0.462. The van der Waals surface area contributed by atoms with Gasteiger partial charge in [-0.1, -0.05) is 11.6 Å². The van der Waals surface area contributed by atoms with E-state index in [1.165, 1.54) is 0 Å². The summed E-state index contributed by atoms with van der Waals surface area (Å²) in [5, 5.41) is 7.01. The van der Waals surface area contributed by atoms with Crippen LogP contribution in [0.4, 0.5) is 5.69 Å². The lowest BCUT2D eigenvalue weighted by atomic mass is 10.1. The zero-order chi connectivity index (χ0) is 13.1. The average molecular weight is 332 g/mol. The third-order valence-electron chi connectivity index (χ3n) is 3.09. The molecule has 0 saturated carbocycles. The van der Waals surface area contributed by atoms with Crippen LogP contribution in [-0.4, -0.2) is 18.5 Å². The third-order valence-corrected chi connectivity index (χ3v) is 4.15. The molecular formula is C13H16BrClN2O. The molecule has 1 heterocycles. The van der Waals surface area contributed by atoms with E-state index in [4.69, 9.17) is 11.6 Å². The topological polar surface area (TPSA) is 41.1 Å². The van der Waals surface area contributed by atoms with E-state index in [1.54, 1.807) is 0 Å². The van der Waals surface area contributed by atoms with Crippen LogP contribution in [0.3, 0.4) is 0 Å². The summed E-state index contributed by atoms with van der Waals surface area (Å²) in [6, 6.07) is 4.06. The summed E-state index contributed by atoms with van der Waals surface area (Å²) in [6.07, 6.45) is 2.50. The van der Waals surface area contributed by atoms with Crippen LogP contribution in [-0.2, 0) is 4.79 Å². The van der Waals surface area contributed by atoms with Crippen molar-refractivity contribution in [2.45, 2.75) is 32.2 Å². The van der Waals surface area contributed by atoms with Gasteiger partial charge in [-0.15, -0.1) is 0 Å². The minimum atomic E-state index is 0.110. The fourth-order valence-corrected chi connectivity index (χ4v) is 2.81. The minimum absolute atomic E-state index is 0.110. The van der Waals surface area contributed by atoms with Crippen molar-refractivity contribution < 1.29 is 4.79 Å². The third kappa shape index (κ3) is 3.39. The highest BCUT2D eigenvalue weighted by atomic mass is 79.9. The van der Waals surface area contributed by atoms with Gasteiger partial charge in [-0.3, -0.25) is 4.79 Å². The van der Waals surface area contributed by atoms with Crippen LogP contribution >= 0.6 is 27.5 Å². The lowest BCUT2D eigenvalue weighted by Crippen LogP contribution is -2.26. The summed E-state index contributed by atoms with van der Waals surface area (Å²) in [7, 11) is 0. The van der Waals surface area contributed by atoms with Crippen molar-refractivity contribution in [2.24, 2.45) is 0 Å². The van der Waals surface area contributed by atoms with Crippen molar-refractivity contribution in [3.8, 4) is 0 Å². The van der Waals surface area contributed by atoms with Gasteiger partial charge >= 0.3 is 0 Å². The molecule has 1 aliphatic rings. The molecule has 18 heavy (non-hydrogen) atoms. The zero-order valence-electron chi connectivity index (χ0n) is 10.2. The molecule has 0 radical (unpaired) electrons. The maximum absolute atomic E-state index is 11.5. The Morgan fingerprint density at radius 1 is 1.50 bits per heavy atom. The van der Waals surface area contributed by atoms with Gasteiger partial charge in [-0.2, -0.15) is 0 Å². The van der Waals surface area contributed by atoms with Gasteiger partial charge in [0.25, 0.3) is 0 Å². The lowest BCUT2D eigenvalue weighted by molar-refractivity contribution is -0.120. The second-order valence-electron chi connectivity index (χ2n) is 4.62. The summed E-state index contributed by atoms with van der Waals surface area (Å²) in [4.78, 5) is 11.5. The SMILES string of the molecule is Cc1cc(Br)c(NC2CCCNC(=O)C2)cc1Cl. The molecule has 98 valence electrons. The van der Waals surface area contributed by atoms with Crippen LogP contribution < -0.4 is 10.6 Å². The molecule has 0 aromatic heterocycles. The van der Waals surface area contributed by atoms with Crippen molar-refractivity contribution in [3.63, 3.8) is 0 Å². The van der Waals surface area contributed by atoms with E-state index in [-0.39, 0.29) is 11.9 Å². The van der Waals surface area contributed by atoms with Crippen LogP contribution in [0.2, 0.25) is 5.02 Å². The molecule has 1 aromatic rings. The number of halogens is 2. The van der Waals surface area contributed by atoms with E-state index in [9.17, 15) is 4.79 Å². The number of hydrogen-bond donors (Lipinski definition) is 2. The van der Waals surface area contributed by atoms with Crippen molar-refractivity contribution in [1.29, 1.82) is 0 Å². The highest BCUT2D eigenvalue weighted by Crippen LogP contribution is 2.30. The number of hydrogen-bond acceptors (Lipinski definition) is 2. The van der Waals surface area contributed by atoms with E-state index in [2.05, 4.69) is 26.6 Å². The van der Waals surface area contributed by atoms with Gasteiger partial charge in [0, 0.05) is 28.5 Å². The number of benzene rings is 1. The Morgan fingerprint density at radius 2 is 2.28 bits per heavy atom. The Labute approximate surface area is 120 Å². The number of carbonyl (C=O) groups is 1. The highest BCUT2D eigenvalue weighted by molar-refractivity contribution is 9.10. The lowest BCUT2D eigenvalue weighted by Gasteiger charge is -2.18. The van der Waals surface area contributed by atoms with E-state index >= 15 is 0 Å². The van der Waals surface area contributed by atoms with Gasteiger partial charge in [-0.05, 0) is 53.4 Å². The Morgan fingerprint density at radius 3 is 3.06 bits per heavy atom. The summed E-state index contributed by atoms with van der Waals surface area (Å²) >= 11 is 9.65. The molecule has 1 saturated heterocycles. The normalized spacial score (nSPS) is 20.2. The molecule has 1 atom stereocenters. The first kappa shape index (κ1) is 13.7. The molecule has 0 aliphatic carbocycles. The number of nitrogens with one attached hydrogen (secondary N) is 2. The van der Waals surface area contributed by atoms with E-state index in [0.717, 1.165) is 40.1 Å². The number of amides is 1. The standard InChI is InChI=1S/C13H16BrClN2O/c1-8-5-10(14)12(7-11(8)15)17-9-3-2-4-16-13(18)6-9/h5,7,9,17H,2-4,6H2,1H3,(H,16,18). The van der Waals surface area contributed by atoms with Gasteiger partial charge < -0.3 is 10.6 Å². The molecule has 1 fully saturated rings. The van der Waals surface area contributed by atoms with E-state index in [0.29, 0.717) is 6.42 Å². The molecule has 5 heteroatoms. The fourth-order valence-electron chi connectivity index (χ4n) is 2.07. The summed E-state index contributed by atoms with van der Waals surface area (Å²) in [5.41, 5.74) is 1.98. The smallest absolute Gasteiger partial charge is 0.222 e. The van der Waals surface area contributed by atoms with Crippen molar-refractivity contribution in [2.75, 3.05) is 11.9 Å². The van der Waals surface area contributed by atoms with Crippen LogP contribution in [0.25, 0.3) is 0 Å². The molecule has 3 nitrogen and oxygen atoms in total. The molecule has 0 spiro atoms. The van der Waals surface area contributed by atoms with Gasteiger partial charge in [0.2, 0.25) is 5.91 Å². The van der Waals surface area contributed by atoms with Gasteiger partial charge in [0.05, 0.1) is 5.69 Å². The van der Waals surface area contributed by atoms with Gasteiger partial charge in [0.15, 0.2) is 0 Å². The maximum Gasteiger partial charge on any atom is 0.222 e. The Balaban J connectivity index is 2.13. The summed E-state index contributed by atoms with van der Waals surface area (Å²) in [5.74, 6) is 0.110. The summed E-state index contributed by atoms with van der Waals surface area (Å²) < 4.78 is 0.981. The van der Waals surface area contributed by atoms with E-state index < -0.39 is 0 Å². The van der Waals surface area contributed by atoms with Crippen LogP contribution in [0.5, 0.6) is 0 Å². The van der Waals surface area contributed by atoms with Crippen molar-refractivity contribution in [3.05, 3.63) is 27.2 Å². The molecule has 1 aromatic carbocycles. The van der Waals surface area contributed by atoms with Gasteiger partial charge in [-0.25, -0.2) is 0 Å². The van der Waals surface area contributed by atoms with Gasteiger partial charge in [0.1, 0.15) is 0 Å². The van der Waals surface area contributed by atoms with Crippen LogP contribution in [0.15, 0.2) is 16.6 Å². The second-order valence-corrected chi connectivity index (χ2v) is 5.88. The van der Waals surface area contributed by atoms with Crippen LogP contribution in [0, 0.1) is 6.92 Å². The highest BCUT2D eigenvalue weighted by Gasteiger charge is 2.18. The zero-order valence-corrected chi connectivity index (χ0v) is 12.6. The quantitative estimate of drug-likeness (QED) is 0.871. The van der Waals surface area contributed by atoms with Crippen molar-refractivity contribution in [1.82, 2.24) is 5.32 Å². The second kappa shape index (κ2) is 5.93. The maximum atomic E-state index is 11.5. The number of carbonyl (C=O) groups excluding carboxylic acids is 1. The first-order chi connectivity index (χ1) is 8.56. The molecular weight excluding hydrogens is 316 g/mol. The van der Waals surface area contributed by atoms with E-state index in [1.807, 2.05) is 19.1 Å². The molecule has 1 unspecified atom stereocenters. The average Bonchev–Trinajstić information content (AvgIpc) is 2.50. The molecule has 2 N–H and O–H groups in total. The van der Waals surface area contributed by atoms with Crippen LogP contribution in [0.1, 0.15) is 24.8 Å². The first-order valence-corrected chi connectivity index (χ1v) is 7.22. The first-order valence-electron chi connectivity index (χ1n) is 6.05. The largest absolute Gasteiger partial charge is 0.381 e. The summed E-state index contributed by atoms with van der Waals surface area (Å²) in [6.45, 7) is 2.74. The molecule has 1 amide bonds.